The molecule has 0 saturated heterocycles. The second-order valence-corrected chi connectivity index (χ2v) is 3.91. The quantitative estimate of drug-likeness (QED) is 0.833. The van der Waals surface area contributed by atoms with Gasteiger partial charge in [-0.1, -0.05) is 29.3 Å². The van der Waals surface area contributed by atoms with E-state index in [0.29, 0.717) is 10.0 Å². The Kier molecular flexibility index (Phi) is 4.65. The van der Waals surface area contributed by atoms with Crippen LogP contribution in [0.5, 0.6) is 0 Å². The molecule has 0 saturated carbocycles. The summed E-state index contributed by atoms with van der Waals surface area (Å²) in [5.74, 6) is 0. The minimum absolute atomic E-state index is 0.0153. The molecule has 5 heteroatoms. The maximum absolute atomic E-state index is 10.1. The molecule has 0 aliphatic rings. The van der Waals surface area contributed by atoms with Crippen LogP contribution in [0, 0.1) is 0 Å². The van der Waals surface area contributed by atoms with Gasteiger partial charge in [0.25, 0.3) is 0 Å². The van der Waals surface area contributed by atoms with Gasteiger partial charge in [0.1, 0.15) is 6.61 Å². The molecule has 1 aromatic rings. The van der Waals surface area contributed by atoms with Crippen molar-refractivity contribution in [2.45, 2.75) is 6.92 Å². The number of carbonyl (C=O) groups is 1. The molecule has 0 aliphatic heterocycles. The van der Waals surface area contributed by atoms with Gasteiger partial charge in [-0.05, 0) is 36.3 Å². The summed E-state index contributed by atoms with van der Waals surface area (Å²) in [6.07, 6.45) is 0.367. The number of ether oxygens (including phenoxy) is 1. The standard InChI is InChI=1S/C11H10Cl2O3/c1-7(4-5-16-11(14)15)8-2-3-9(12)10(13)6-8/h2-4,6H,5H2,1H3,(H,14,15). The number of hydrogen-bond donors (Lipinski definition) is 1. The van der Waals surface area contributed by atoms with Crippen molar-refractivity contribution in [3.63, 3.8) is 0 Å². The van der Waals surface area contributed by atoms with Crippen LogP contribution in [0.2, 0.25) is 10.0 Å². The highest BCUT2D eigenvalue weighted by Crippen LogP contribution is 2.25. The molecule has 0 amide bonds. The maximum atomic E-state index is 10.1. The highest BCUT2D eigenvalue weighted by molar-refractivity contribution is 6.42. The molecule has 1 N–H and O–H groups in total. The second-order valence-electron chi connectivity index (χ2n) is 3.09. The van der Waals surface area contributed by atoms with Crippen LogP contribution in [-0.4, -0.2) is 17.9 Å². The van der Waals surface area contributed by atoms with Crippen LogP contribution >= 0.6 is 23.2 Å². The van der Waals surface area contributed by atoms with Crippen LogP contribution in [0.3, 0.4) is 0 Å². The Morgan fingerprint density at radius 2 is 2.12 bits per heavy atom. The zero-order valence-corrected chi connectivity index (χ0v) is 10.0. The van der Waals surface area contributed by atoms with E-state index in [2.05, 4.69) is 4.74 Å². The smallest absolute Gasteiger partial charge is 0.450 e. The molecular weight excluding hydrogens is 251 g/mol. The summed E-state index contributed by atoms with van der Waals surface area (Å²) in [6, 6.07) is 5.21. The Hall–Kier alpha value is -1.19. The lowest BCUT2D eigenvalue weighted by molar-refractivity contribution is 0.102. The lowest BCUT2D eigenvalue weighted by atomic mass is 10.1. The number of allylic oxidation sites excluding steroid dienone is 1. The van der Waals surface area contributed by atoms with Crippen LogP contribution in [0.4, 0.5) is 4.79 Å². The molecular formula is C11H10Cl2O3. The summed E-state index contributed by atoms with van der Waals surface area (Å²) < 4.78 is 4.37. The number of halogens is 2. The Morgan fingerprint density at radius 1 is 1.44 bits per heavy atom. The first kappa shape index (κ1) is 12.9. The second kappa shape index (κ2) is 5.77. The molecule has 0 aromatic heterocycles. The summed E-state index contributed by atoms with van der Waals surface area (Å²) in [4.78, 5) is 10.1. The predicted octanol–water partition coefficient (Wildman–Crippen LogP) is 4.09. The normalized spacial score (nSPS) is 11.3. The average Bonchev–Trinajstić information content (AvgIpc) is 2.21. The molecule has 0 aliphatic carbocycles. The first-order valence-corrected chi connectivity index (χ1v) is 5.24. The molecule has 3 nitrogen and oxygen atoms in total. The molecule has 0 spiro atoms. The topological polar surface area (TPSA) is 46.5 Å². The Bertz CT molecular complexity index is 427. The van der Waals surface area contributed by atoms with Crippen LogP contribution in [-0.2, 0) is 4.74 Å². The van der Waals surface area contributed by atoms with Gasteiger partial charge in [0.2, 0.25) is 0 Å². The Morgan fingerprint density at radius 3 is 2.69 bits per heavy atom. The zero-order valence-electron chi connectivity index (χ0n) is 8.54. The number of benzene rings is 1. The van der Waals surface area contributed by atoms with Gasteiger partial charge in [-0.15, -0.1) is 0 Å². The molecule has 0 atom stereocenters. The van der Waals surface area contributed by atoms with E-state index in [0.717, 1.165) is 11.1 Å². The highest BCUT2D eigenvalue weighted by Gasteiger charge is 2.01. The van der Waals surface area contributed by atoms with Crippen LogP contribution < -0.4 is 0 Å². The molecule has 1 aromatic carbocycles. The maximum Gasteiger partial charge on any atom is 0.506 e. The molecule has 0 unspecified atom stereocenters. The minimum atomic E-state index is -1.29. The number of hydrogen-bond acceptors (Lipinski definition) is 2. The van der Waals surface area contributed by atoms with Gasteiger partial charge >= 0.3 is 6.16 Å². The van der Waals surface area contributed by atoms with Crippen LogP contribution in [0.15, 0.2) is 24.3 Å². The third-order valence-electron chi connectivity index (χ3n) is 1.97. The highest BCUT2D eigenvalue weighted by atomic mass is 35.5. The van der Waals surface area contributed by atoms with E-state index in [1.54, 1.807) is 24.3 Å². The van der Waals surface area contributed by atoms with Gasteiger partial charge in [0.05, 0.1) is 10.0 Å². The summed E-state index contributed by atoms with van der Waals surface area (Å²) >= 11 is 11.6. The van der Waals surface area contributed by atoms with Crippen molar-refractivity contribution in [3.8, 4) is 0 Å². The average molecular weight is 261 g/mol. The molecule has 0 heterocycles. The monoisotopic (exact) mass is 260 g/mol. The molecule has 16 heavy (non-hydrogen) atoms. The van der Waals surface area contributed by atoms with Gasteiger partial charge in [0, 0.05) is 0 Å². The van der Waals surface area contributed by atoms with E-state index >= 15 is 0 Å². The van der Waals surface area contributed by atoms with E-state index < -0.39 is 6.16 Å². The molecule has 1 rings (SSSR count). The summed E-state index contributed by atoms with van der Waals surface area (Å²) in [5.41, 5.74) is 1.75. The van der Waals surface area contributed by atoms with Crippen molar-refractivity contribution in [2.75, 3.05) is 6.61 Å². The molecule has 0 fully saturated rings. The van der Waals surface area contributed by atoms with Gasteiger partial charge in [-0.3, -0.25) is 0 Å². The third-order valence-corrected chi connectivity index (χ3v) is 2.71. The van der Waals surface area contributed by atoms with Crippen molar-refractivity contribution in [1.29, 1.82) is 0 Å². The van der Waals surface area contributed by atoms with Gasteiger partial charge in [-0.2, -0.15) is 0 Å². The minimum Gasteiger partial charge on any atom is -0.450 e. The van der Waals surface area contributed by atoms with Crippen LogP contribution in [0.1, 0.15) is 12.5 Å². The van der Waals surface area contributed by atoms with Gasteiger partial charge in [0.15, 0.2) is 0 Å². The first-order chi connectivity index (χ1) is 7.50. The van der Waals surface area contributed by atoms with Crippen molar-refractivity contribution in [2.24, 2.45) is 0 Å². The van der Waals surface area contributed by atoms with Gasteiger partial charge < -0.3 is 9.84 Å². The van der Waals surface area contributed by atoms with E-state index in [1.807, 2.05) is 6.92 Å². The SMILES string of the molecule is CC(=CCOC(=O)O)c1ccc(Cl)c(Cl)c1. The molecule has 86 valence electrons. The largest absolute Gasteiger partial charge is 0.506 e. The van der Waals surface area contributed by atoms with Crippen molar-refractivity contribution < 1.29 is 14.6 Å². The van der Waals surface area contributed by atoms with Gasteiger partial charge in [-0.25, -0.2) is 4.79 Å². The first-order valence-electron chi connectivity index (χ1n) is 4.48. The zero-order chi connectivity index (χ0) is 12.1. The lowest BCUT2D eigenvalue weighted by Gasteiger charge is -2.03. The molecule has 0 bridgehead atoms. The number of rotatable bonds is 3. The van der Waals surface area contributed by atoms with E-state index in [1.165, 1.54) is 0 Å². The van der Waals surface area contributed by atoms with Crippen molar-refractivity contribution in [1.82, 2.24) is 0 Å². The van der Waals surface area contributed by atoms with Crippen LogP contribution in [0.25, 0.3) is 5.57 Å². The summed E-state index contributed by atoms with van der Waals surface area (Å²) in [5, 5.41) is 9.24. The van der Waals surface area contributed by atoms with Crippen molar-refractivity contribution >= 4 is 34.9 Å². The van der Waals surface area contributed by atoms with E-state index in [9.17, 15) is 4.79 Å². The molecule has 0 radical (unpaired) electrons. The Balaban J connectivity index is 2.75. The summed E-state index contributed by atoms with van der Waals surface area (Å²) in [7, 11) is 0. The fourth-order valence-corrected chi connectivity index (χ4v) is 1.40. The predicted molar refractivity (Wildman–Crippen MR) is 64.1 cm³/mol. The Labute approximate surface area is 103 Å². The van der Waals surface area contributed by atoms with E-state index in [4.69, 9.17) is 28.3 Å². The van der Waals surface area contributed by atoms with Crippen molar-refractivity contribution in [3.05, 3.63) is 39.9 Å². The van der Waals surface area contributed by atoms with E-state index in [-0.39, 0.29) is 6.61 Å². The lowest BCUT2D eigenvalue weighted by Crippen LogP contribution is -1.99. The number of carboxylic acid groups (broad SMARTS) is 1. The fourth-order valence-electron chi connectivity index (χ4n) is 1.10. The summed E-state index contributed by atoms with van der Waals surface area (Å²) in [6.45, 7) is 1.85. The third kappa shape index (κ3) is 3.76. The fraction of sp³-hybridized carbons (Fsp3) is 0.182.